The van der Waals surface area contributed by atoms with E-state index >= 15 is 0 Å². The standard InChI is InChI=1S/C20H28N2O4/c1-19(2,3)26-17(23)21-16-12-22(14-20(16)10-7-11-20)18(24)25-13-15-8-5-4-6-9-15/h4-6,8-9,16H,7,10-14H2,1-3H3,(H,21,23). The van der Waals surface area contributed by atoms with Crippen LogP contribution in [0.25, 0.3) is 0 Å². The van der Waals surface area contributed by atoms with Crippen molar-refractivity contribution in [3.8, 4) is 0 Å². The molecule has 1 unspecified atom stereocenters. The van der Waals surface area contributed by atoms with Crippen molar-refractivity contribution in [3.05, 3.63) is 35.9 Å². The SMILES string of the molecule is CC(C)(C)OC(=O)NC1CN(C(=O)OCc2ccccc2)CC12CCC2. The van der Waals surface area contributed by atoms with Gasteiger partial charge in [-0.2, -0.15) is 0 Å². The molecule has 2 aliphatic rings. The molecule has 1 spiro atoms. The van der Waals surface area contributed by atoms with Gasteiger partial charge in [0.2, 0.25) is 0 Å². The molecule has 0 radical (unpaired) electrons. The molecule has 2 fully saturated rings. The Labute approximate surface area is 154 Å². The van der Waals surface area contributed by atoms with Gasteiger partial charge in [-0.1, -0.05) is 36.8 Å². The normalized spacial score (nSPS) is 21.2. The summed E-state index contributed by atoms with van der Waals surface area (Å²) in [6.45, 7) is 6.87. The maximum atomic E-state index is 12.5. The van der Waals surface area contributed by atoms with E-state index in [1.807, 2.05) is 51.1 Å². The lowest BCUT2D eigenvalue weighted by Crippen LogP contribution is -2.51. The van der Waals surface area contributed by atoms with Gasteiger partial charge in [0.15, 0.2) is 0 Å². The van der Waals surface area contributed by atoms with Crippen LogP contribution in [0.1, 0.15) is 45.6 Å². The van der Waals surface area contributed by atoms with Crippen LogP contribution in [0.15, 0.2) is 30.3 Å². The summed E-state index contributed by atoms with van der Waals surface area (Å²) in [6, 6.07) is 9.54. The van der Waals surface area contributed by atoms with E-state index in [1.54, 1.807) is 4.90 Å². The van der Waals surface area contributed by atoms with Crippen molar-refractivity contribution in [2.24, 2.45) is 5.41 Å². The third-order valence-electron chi connectivity index (χ3n) is 5.15. The van der Waals surface area contributed by atoms with E-state index in [1.165, 1.54) is 0 Å². The first-order chi connectivity index (χ1) is 12.3. The van der Waals surface area contributed by atoms with Crippen molar-refractivity contribution in [1.82, 2.24) is 10.2 Å². The van der Waals surface area contributed by atoms with Gasteiger partial charge >= 0.3 is 12.2 Å². The van der Waals surface area contributed by atoms with E-state index in [0.717, 1.165) is 24.8 Å². The van der Waals surface area contributed by atoms with E-state index in [-0.39, 0.29) is 24.2 Å². The molecule has 2 amide bonds. The van der Waals surface area contributed by atoms with Gasteiger partial charge in [0.1, 0.15) is 12.2 Å². The van der Waals surface area contributed by atoms with Gasteiger partial charge in [-0.15, -0.1) is 0 Å². The average Bonchev–Trinajstić information content (AvgIpc) is 2.91. The van der Waals surface area contributed by atoms with Gasteiger partial charge in [0.25, 0.3) is 0 Å². The lowest BCUT2D eigenvalue weighted by molar-refractivity contribution is 0.0403. The molecular formula is C20H28N2O4. The highest BCUT2D eigenvalue weighted by Gasteiger charge is 2.52. The van der Waals surface area contributed by atoms with Gasteiger partial charge in [0.05, 0.1) is 6.04 Å². The van der Waals surface area contributed by atoms with Crippen LogP contribution in [0.5, 0.6) is 0 Å². The Morgan fingerprint density at radius 3 is 2.50 bits per heavy atom. The predicted molar refractivity (Wildman–Crippen MR) is 97.6 cm³/mol. The van der Waals surface area contributed by atoms with Crippen LogP contribution >= 0.6 is 0 Å². The number of benzene rings is 1. The van der Waals surface area contributed by atoms with Crippen LogP contribution in [0.3, 0.4) is 0 Å². The summed E-state index contributed by atoms with van der Waals surface area (Å²) in [5.41, 5.74) is 0.383. The molecule has 1 aliphatic carbocycles. The molecule has 6 heteroatoms. The Bertz CT molecular complexity index is 650. The summed E-state index contributed by atoms with van der Waals surface area (Å²) >= 11 is 0. The van der Waals surface area contributed by atoms with Gasteiger partial charge in [0, 0.05) is 18.5 Å². The van der Waals surface area contributed by atoms with Crippen LogP contribution < -0.4 is 5.32 Å². The van der Waals surface area contributed by atoms with Crippen molar-refractivity contribution in [1.29, 1.82) is 0 Å². The minimum atomic E-state index is -0.538. The molecule has 1 heterocycles. The zero-order valence-electron chi connectivity index (χ0n) is 15.8. The summed E-state index contributed by atoms with van der Waals surface area (Å²) in [7, 11) is 0. The summed E-state index contributed by atoms with van der Waals surface area (Å²) in [5.74, 6) is 0. The average molecular weight is 360 g/mol. The van der Waals surface area contributed by atoms with Crippen molar-refractivity contribution in [3.63, 3.8) is 0 Å². The molecule has 1 atom stereocenters. The fourth-order valence-electron chi connectivity index (χ4n) is 3.70. The summed E-state index contributed by atoms with van der Waals surface area (Å²) in [6.07, 6.45) is 2.40. The highest BCUT2D eigenvalue weighted by Crippen LogP contribution is 2.48. The molecule has 142 valence electrons. The van der Waals surface area contributed by atoms with Crippen LogP contribution in [0, 0.1) is 5.41 Å². The fourth-order valence-corrected chi connectivity index (χ4v) is 3.70. The number of amides is 2. The second-order valence-electron chi connectivity index (χ2n) is 8.34. The van der Waals surface area contributed by atoms with Crippen molar-refractivity contribution in [2.75, 3.05) is 13.1 Å². The molecule has 1 saturated carbocycles. The Morgan fingerprint density at radius 1 is 1.23 bits per heavy atom. The van der Waals surface area contributed by atoms with E-state index in [2.05, 4.69) is 5.32 Å². The van der Waals surface area contributed by atoms with Gasteiger partial charge in [-0.3, -0.25) is 0 Å². The molecule has 1 aliphatic heterocycles. The number of carbonyl (C=O) groups excluding carboxylic acids is 2. The largest absolute Gasteiger partial charge is 0.445 e. The molecule has 1 aromatic carbocycles. The van der Waals surface area contributed by atoms with Crippen molar-refractivity contribution >= 4 is 12.2 Å². The minimum Gasteiger partial charge on any atom is -0.445 e. The second-order valence-corrected chi connectivity index (χ2v) is 8.34. The highest BCUT2D eigenvalue weighted by molar-refractivity contribution is 5.70. The predicted octanol–water partition coefficient (Wildman–Crippen LogP) is 3.70. The Balaban J connectivity index is 1.57. The Morgan fingerprint density at radius 2 is 1.92 bits per heavy atom. The Hall–Kier alpha value is -2.24. The fraction of sp³-hybridized carbons (Fsp3) is 0.600. The topological polar surface area (TPSA) is 67.9 Å². The molecule has 0 bridgehead atoms. The third kappa shape index (κ3) is 4.29. The van der Waals surface area contributed by atoms with Crippen LogP contribution in [0.2, 0.25) is 0 Å². The maximum Gasteiger partial charge on any atom is 0.410 e. The number of alkyl carbamates (subject to hydrolysis) is 1. The molecule has 1 N–H and O–H groups in total. The Kier molecular flexibility index (Phi) is 5.12. The first-order valence-corrected chi connectivity index (χ1v) is 9.23. The van der Waals surface area contributed by atoms with Gasteiger partial charge in [-0.05, 0) is 39.2 Å². The van der Waals surface area contributed by atoms with Gasteiger partial charge < -0.3 is 19.7 Å². The molecule has 6 nitrogen and oxygen atoms in total. The smallest absolute Gasteiger partial charge is 0.410 e. The first-order valence-electron chi connectivity index (χ1n) is 9.23. The zero-order chi connectivity index (χ0) is 18.8. The molecule has 1 saturated heterocycles. The molecule has 3 rings (SSSR count). The summed E-state index contributed by atoms with van der Waals surface area (Å²) in [5, 5.41) is 2.98. The van der Waals surface area contributed by atoms with Gasteiger partial charge in [-0.25, -0.2) is 9.59 Å². The number of ether oxygens (including phenoxy) is 2. The summed E-state index contributed by atoms with van der Waals surface area (Å²) < 4.78 is 10.8. The molecule has 1 aromatic rings. The number of carbonyl (C=O) groups is 2. The summed E-state index contributed by atoms with van der Waals surface area (Å²) in [4.78, 5) is 26.3. The second kappa shape index (κ2) is 7.17. The van der Waals surface area contributed by atoms with E-state index in [9.17, 15) is 9.59 Å². The van der Waals surface area contributed by atoms with Crippen molar-refractivity contribution in [2.45, 2.75) is 58.3 Å². The quantitative estimate of drug-likeness (QED) is 0.892. The number of nitrogens with one attached hydrogen (secondary N) is 1. The first kappa shape index (κ1) is 18.5. The zero-order valence-corrected chi connectivity index (χ0v) is 15.8. The highest BCUT2D eigenvalue weighted by atomic mass is 16.6. The minimum absolute atomic E-state index is 0.0390. The van der Waals surface area contributed by atoms with Crippen molar-refractivity contribution < 1.29 is 19.1 Å². The molecular weight excluding hydrogens is 332 g/mol. The number of likely N-dealkylation sites (tertiary alicyclic amines) is 1. The lowest BCUT2D eigenvalue weighted by Gasteiger charge is -2.42. The third-order valence-corrected chi connectivity index (χ3v) is 5.15. The number of hydrogen-bond acceptors (Lipinski definition) is 4. The number of rotatable bonds is 3. The molecule has 0 aromatic heterocycles. The van der Waals surface area contributed by atoms with Crippen LogP contribution in [0.4, 0.5) is 9.59 Å². The number of nitrogens with zero attached hydrogens (tertiary/aromatic N) is 1. The number of hydrogen-bond donors (Lipinski definition) is 1. The van der Waals surface area contributed by atoms with E-state index in [0.29, 0.717) is 13.1 Å². The monoisotopic (exact) mass is 360 g/mol. The maximum absolute atomic E-state index is 12.5. The van der Waals surface area contributed by atoms with E-state index < -0.39 is 11.7 Å². The van der Waals surface area contributed by atoms with E-state index in [4.69, 9.17) is 9.47 Å². The molecule has 26 heavy (non-hydrogen) atoms. The van der Waals surface area contributed by atoms with Crippen LogP contribution in [-0.4, -0.2) is 41.8 Å². The van der Waals surface area contributed by atoms with Crippen LogP contribution in [-0.2, 0) is 16.1 Å². The lowest BCUT2D eigenvalue weighted by atomic mass is 9.66.